The van der Waals surface area contributed by atoms with Crippen LogP contribution in [0.4, 0.5) is 4.39 Å². The van der Waals surface area contributed by atoms with Gasteiger partial charge >= 0.3 is 11.8 Å². The number of amides is 7. The first-order valence-corrected chi connectivity index (χ1v) is 21.0. The van der Waals surface area contributed by atoms with Gasteiger partial charge in [0.25, 0.3) is 21.8 Å². The number of halogens is 1. The van der Waals surface area contributed by atoms with Crippen molar-refractivity contribution in [2.24, 2.45) is 23.5 Å². The molecule has 6 N–H and O–H groups in total. The molecule has 17 nitrogen and oxygen atoms in total. The number of imide groups is 3. The average molecular weight is 831 g/mol. The Morgan fingerprint density at radius 2 is 1.57 bits per heavy atom. The van der Waals surface area contributed by atoms with Crippen LogP contribution >= 0.6 is 0 Å². The van der Waals surface area contributed by atoms with Crippen molar-refractivity contribution < 1.29 is 46.4 Å². The minimum atomic E-state index is -5.00. The van der Waals surface area contributed by atoms with Gasteiger partial charge in [0.15, 0.2) is 0 Å². The Hall–Kier alpha value is -5.17. The molecule has 1 aliphatic carbocycles. The number of benzene rings is 1. The molecule has 7 amide bonds. The molecule has 318 valence electrons. The molecule has 5 atom stereocenters. The molecule has 19 heteroatoms. The van der Waals surface area contributed by atoms with Crippen LogP contribution in [0.2, 0.25) is 0 Å². The summed E-state index contributed by atoms with van der Waals surface area (Å²) >= 11 is 0. The van der Waals surface area contributed by atoms with Crippen LogP contribution in [-0.4, -0.2) is 88.8 Å². The minimum absolute atomic E-state index is 0.0208. The van der Waals surface area contributed by atoms with E-state index < -0.39 is 98.6 Å². The summed E-state index contributed by atoms with van der Waals surface area (Å²) in [6, 6.07) is -0.814. The van der Waals surface area contributed by atoms with Gasteiger partial charge in [-0.05, 0) is 49.1 Å². The van der Waals surface area contributed by atoms with Crippen LogP contribution in [0.25, 0.3) is 0 Å². The van der Waals surface area contributed by atoms with Crippen LogP contribution in [0, 0.1) is 23.6 Å². The number of nitrogens with two attached hydrogens (primary N) is 1. The van der Waals surface area contributed by atoms with Crippen molar-refractivity contribution in [3.8, 4) is 0 Å². The summed E-state index contributed by atoms with van der Waals surface area (Å²) in [6.07, 6.45) is 7.91. The summed E-state index contributed by atoms with van der Waals surface area (Å²) in [5, 5.41) is 7.98. The summed E-state index contributed by atoms with van der Waals surface area (Å²) in [6.45, 7) is 8.78. The summed E-state index contributed by atoms with van der Waals surface area (Å²) in [5.41, 5.74) is 5.96. The van der Waals surface area contributed by atoms with Crippen molar-refractivity contribution >= 4 is 51.4 Å². The Balaban J connectivity index is 1.98. The highest BCUT2D eigenvalue weighted by molar-refractivity contribution is 7.90. The molecule has 1 heterocycles. The molecule has 1 aliphatic rings. The molecule has 1 saturated carbocycles. The van der Waals surface area contributed by atoms with Gasteiger partial charge in [0.1, 0.15) is 34.5 Å². The number of hydrogen-bond acceptors (Lipinski definition) is 12. The third-order valence-corrected chi connectivity index (χ3v) is 11.4. The molecule has 2 aromatic rings. The molecule has 58 heavy (non-hydrogen) atoms. The zero-order valence-electron chi connectivity index (χ0n) is 33.5. The van der Waals surface area contributed by atoms with Gasteiger partial charge in [-0.3, -0.25) is 38.5 Å². The molecule has 1 aromatic heterocycles. The van der Waals surface area contributed by atoms with Crippen molar-refractivity contribution in [2.45, 2.75) is 128 Å². The standard InChI is InChI=1S/C39H55FN8O9S/c1-6-24(5)33(46-34(50)28(19-23(3)4)44-35(51)30-22-42-17-18-43-30)36(52)45-29(20-25-13-9-8-10-14-25)38(54)48(32(49)21-26(41)7-2)39(55)37(53)47-58(56,57)31-16-12-11-15-27(31)40/h11-12,15-18,22-26,28-29,33H,6-10,13-14,19-21,41H2,1-5H3,(H,44,51)(H,45,52)(H,46,50)(H,47,53)/t24-,26?,28-,29-,33-/m0/s1. The van der Waals surface area contributed by atoms with E-state index >= 15 is 0 Å². The van der Waals surface area contributed by atoms with Gasteiger partial charge in [0, 0.05) is 24.9 Å². The summed E-state index contributed by atoms with van der Waals surface area (Å²) in [4.78, 5) is 103. The molecular formula is C39H55FN8O9S. The maximum atomic E-state index is 14.5. The fourth-order valence-electron chi connectivity index (χ4n) is 6.48. The van der Waals surface area contributed by atoms with E-state index in [-0.39, 0.29) is 41.7 Å². The molecule has 0 bridgehead atoms. The molecule has 0 spiro atoms. The fourth-order valence-corrected chi connectivity index (χ4v) is 7.51. The highest BCUT2D eigenvalue weighted by Gasteiger charge is 2.42. The second-order valence-electron chi connectivity index (χ2n) is 15.0. The van der Waals surface area contributed by atoms with E-state index in [9.17, 15) is 46.4 Å². The van der Waals surface area contributed by atoms with Crippen LogP contribution in [0.5, 0.6) is 0 Å². The van der Waals surface area contributed by atoms with Crippen LogP contribution in [-0.2, 0) is 38.8 Å². The molecule has 1 unspecified atom stereocenters. The van der Waals surface area contributed by atoms with Crippen LogP contribution < -0.4 is 26.4 Å². The lowest BCUT2D eigenvalue weighted by Crippen LogP contribution is -2.61. The smallest absolute Gasteiger partial charge is 0.326 e. The van der Waals surface area contributed by atoms with Gasteiger partial charge in [-0.2, -0.15) is 0 Å². The van der Waals surface area contributed by atoms with Crippen LogP contribution in [0.1, 0.15) is 109 Å². The topological polar surface area (TPSA) is 257 Å². The third-order valence-electron chi connectivity index (χ3n) is 10.0. The summed E-state index contributed by atoms with van der Waals surface area (Å²) in [5.74, 6) is -10.6. The van der Waals surface area contributed by atoms with Gasteiger partial charge < -0.3 is 21.7 Å². The first-order chi connectivity index (χ1) is 27.4. The van der Waals surface area contributed by atoms with Crippen molar-refractivity contribution in [3.63, 3.8) is 0 Å². The predicted molar refractivity (Wildman–Crippen MR) is 209 cm³/mol. The van der Waals surface area contributed by atoms with Crippen LogP contribution in [0.3, 0.4) is 0 Å². The van der Waals surface area contributed by atoms with E-state index in [1.807, 2.05) is 13.8 Å². The zero-order valence-corrected chi connectivity index (χ0v) is 34.3. The number of rotatable bonds is 18. The zero-order chi connectivity index (χ0) is 43.2. The number of nitrogens with one attached hydrogen (secondary N) is 4. The lowest BCUT2D eigenvalue weighted by molar-refractivity contribution is -0.160. The number of aromatic nitrogens is 2. The van der Waals surface area contributed by atoms with Crippen molar-refractivity contribution in [1.82, 2.24) is 35.5 Å². The number of carbonyl (C=O) groups excluding carboxylic acids is 7. The molecule has 3 rings (SSSR count). The number of carbonyl (C=O) groups is 7. The SMILES string of the molecule is CCC(N)CC(=O)N(C(=O)C(=O)NS(=O)(=O)c1ccccc1F)C(=O)[C@H](CC1CCCCC1)NC(=O)[C@@H](NC(=O)[C@H](CC(C)C)NC(=O)c1cnccn1)[C@@H](C)CC. The number of nitrogens with zero attached hydrogens (tertiary/aromatic N) is 3. The second-order valence-corrected chi connectivity index (χ2v) is 16.7. The normalized spacial score (nSPS) is 15.9. The van der Waals surface area contributed by atoms with E-state index in [0.29, 0.717) is 19.3 Å². The molecular weight excluding hydrogens is 776 g/mol. The van der Waals surface area contributed by atoms with E-state index in [1.165, 1.54) is 35.4 Å². The lowest BCUT2D eigenvalue weighted by Gasteiger charge is -2.32. The first kappa shape index (κ1) is 47.2. The Kier molecular flexibility index (Phi) is 18.0. The Bertz CT molecular complexity index is 1890. The molecule has 0 aliphatic heterocycles. The number of hydrogen-bond donors (Lipinski definition) is 5. The fraction of sp³-hybridized carbons (Fsp3) is 0.564. The lowest BCUT2D eigenvalue weighted by atomic mass is 9.84. The predicted octanol–water partition coefficient (Wildman–Crippen LogP) is 2.26. The molecule has 0 saturated heterocycles. The summed E-state index contributed by atoms with van der Waals surface area (Å²) < 4.78 is 41.7. The van der Waals surface area contributed by atoms with E-state index in [4.69, 9.17) is 5.73 Å². The first-order valence-electron chi connectivity index (χ1n) is 19.6. The van der Waals surface area contributed by atoms with E-state index in [1.54, 1.807) is 20.8 Å². The Morgan fingerprint density at radius 1 is 0.897 bits per heavy atom. The Labute approximate surface area is 338 Å². The Morgan fingerprint density at radius 3 is 2.16 bits per heavy atom. The van der Waals surface area contributed by atoms with Crippen LogP contribution in [0.15, 0.2) is 47.8 Å². The van der Waals surface area contributed by atoms with Gasteiger partial charge in [-0.15, -0.1) is 0 Å². The average Bonchev–Trinajstić information content (AvgIpc) is 3.19. The largest absolute Gasteiger partial charge is 0.342 e. The highest BCUT2D eigenvalue weighted by atomic mass is 32.2. The van der Waals surface area contributed by atoms with Crippen molar-refractivity contribution in [3.05, 3.63) is 54.4 Å². The highest BCUT2D eigenvalue weighted by Crippen LogP contribution is 2.28. The monoisotopic (exact) mass is 830 g/mol. The van der Waals surface area contributed by atoms with Gasteiger partial charge in [0.2, 0.25) is 17.7 Å². The van der Waals surface area contributed by atoms with E-state index in [2.05, 4.69) is 25.9 Å². The van der Waals surface area contributed by atoms with Gasteiger partial charge in [0.05, 0.1) is 6.20 Å². The maximum Gasteiger partial charge on any atom is 0.326 e. The van der Waals surface area contributed by atoms with Crippen molar-refractivity contribution in [1.29, 1.82) is 0 Å². The minimum Gasteiger partial charge on any atom is -0.342 e. The molecule has 1 fully saturated rings. The summed E-state index contributed by atoms with van der Waals surface area (Å²) in [7, 11) is -5.00. The maximum absolute atomic E-state index is 14.5. The molecule has 1 aromatic carbocycles. The second kappa shape index (κ2) is 22.1. The van der Waals surface area contributed by atoms with E-state index in [0.717, 1.165) is 31.4 Å². The van der Waals surface area contributed by atoms with Crippen molar-refractivity contribution in [2.75, 3.05) is 0 Å². The third kappa shape index (κ3) is 13.5. The number of sulfonamides is 1. The quantitative estimate of drug-likeness (QED) is 0.136. The van der Waals surface area contributed by atoms with Gasteiger partial charge in [-0.1, -0.05) is 85.3 Å². The molecule has 0 radical (unpaired) electrons. The van der Waals surface area contributed by atoms with Gasteiger partial charge in [-0.25, -0.2) is 27.4 Å².